The number of esters is 2. The first-order chi connectivity index (χ1) is 53.7. The van der Waals surface area contributed by atoms with Crippen molar-refractivity contribution in [3.63, 3.8) is 0 Å². The third-order valence-corrected chi connectivity index (χ3v) is 21.7. The Morgan fingerprint density at radius 2 is 0.543 bits per heavy atom. The van der Waals surface area contributed by atoms with Crippen LogP contribution in [0.4, 0.5) is 0 Å². The van der Waals surface area contributed by atoms with E-state index in [1.807, 2.05) is 0 Å². The molecule has 0 saturated carbocycles. The molecule has 0 aromatic heterocycles. The van der Waals surface area contributed by atoms with E-state index in [0.717, 1.165) is 167 Å². The number of carbonyl (C=O) groups excluding carboxylic acids is 8. The molecule has 0 aromatic rings. The van der Waals surface area contributed by atoms with Gasteiger partial charge in [-0.25, -0.2) is 0 Å². The van der Waals surface area contributed by atoms with Gasteiger partial charge in [0.2, 0.25) is 23.6 Å². The molecule has 0 rings (SSSR count). The van der Waals surface area contributed by atoms with Gasteiger partial charge in [0.25, 0.3) is 15.6 Å². The van der Waals surface area contributed by atoms with Crippen LogP contribution in [-0.2, 0) is 84.5 Å². The fourth-order valence-electron chi connectivity index (χ4n) is 13.0. The van der Waals surface area contributed by atoms with Gasteiger partial charge in [-0.05, 0) is 51.4 Å². The Morgan fingerprint density at radius 3 is 0.819 bits per heavy atom. The monoisotopic (exact) mass is 1710 g/mol. The van der Waals surface area contributed by atoms with Crippen LogP contribution >= 0.6 is 15.6 Å². The summed E-state index contributed by atoms with van der Waals surface area (Å²) < 4.78 is 70.3. The number of rotatable bonds is 86. The van der Waals surface area contributed by atoms with Crippen molar-refractivity contribution in [2.75, 3.05) is 65.9 Å². The zero-order chi connectivity index (χ0) is 81.8. The minimum atomic E-state index is -5.08. The molecule has 4 unspecified atom stereocenters. The van der Waals surface area contributed by atoms with E-state index < -0.39 is 109 Å². The number of phosphoric ester groups is 2. The van der Waals surface area contributed by atoms with Crippen LogP contribution in [-0.4, -0.2) is 137 Å². The molecule has 0 aliphatic heterocycles. The van der Waals surface area contributed by atoms with Crippen LogP contribution in [0.2, 0.25) is 0 Å². The summed E-state index contributed by atoms with van der Waals surface area (Å²) in [7, 11) is -10.2. The molecule has 0 saturated heterocycles. The van der Waals surface area contributed by atoms with Gasteiger partial charge in [0.15, 0.2) is 0 Å². The van der Waals surface area contributed by atoms with Gasteiger partial charge in [0, 0.05) is 51.6 Å². The fraction of sp³-hybridized carbons (Fsp3) is 0.909. The predicted molar refractivity (Wildman–Crippen MR) is 458 cm³/mol. The average Bonchev–Trinajstić information content (AvgIpc) is 0.908. The largest absolute Gasteiger partial charge is 1.00 e. The Morgan fingerprint density at radius 1 is 0.293 bits per heavy atom. The normalized spacial score (nSPS) is 13.1. The molecule has 0 aliphatic rings. The maximum atomic E-state index is 13.2. The fourth-order valence-corrected chi connectivity index (χ4v) is 14.5. The van der Waals surface area contributed by atoms with Gasteiger partial charge in [0.1, 0.15) is 30.2 Å². The Labute approximate surface area is 751 Å². The summed E-state index contributed by atoms with van der Waals surface area (Å²) in [5.41, 5.74) is 0. The molecule has 4 amide bonds. The quantitative estimate of drug-likeness (QED) is 0.0144. The van der Waals surface area contributed by atoms with E-state index in [-0.39, 0.29) is 157 Å². The van der Waals surface area contributed by atoms with E-state index in [1.54, 1.807) is 0 Å². The number of hydrogen-bond acceptors (Lipinski definition) is 20. The van der Waals surface area contributed by atoms with Gasteiger partial charge in [-0.15, -0.1) is 0 Å². The number of hydrogen-bond donors (Lipinski definition) is 4. The van der Waals surface area contributed by atoms with E-state index in [4.69, 9.17) is 37.0 Å². The average molecular weight is 1710 g/mol. The minimum Gasteiger partial charge on any atom is -0.756 e. The van der Waals surface area contributed by atoms with Crippen LogP contribution in [0.15, 0.2) is 0 Å². The van der Waals surface area contributed by atoms with Gasteiger partial charge < -0.3 is 68.1 Å². The van der Waals surface area contributed by atoms with E-state index in [1.165, 1.54) is 116 Å². The molecule has 116 heavy (non-hydrogen) atoms. The van der Waals surface area contributed by atoms with Crippen molar-refractivity contribution in [3.05, 3.63) is 0 Å². The van der Waals surface area contributed by atoms with E-state index in [9.17, 15) is 57.3 Å². The zero-order valence-electron chi connectivity index (χ0n) is 72.7. The molecule has 0 heterocycles. The SMILES string of the molecule is C.C.C.CCCCCCCCCCCC(=O)CC(=O)NC(COCC[C@@H](CCCCCCC)OC(=O)CCCCCCCCCCC)COP(=O)([O-])OCCNC(=O)CC(=O)NCCOP(=O)([O-])OCC(COCC[C@@H](CCCCCCC)OC(=O)CCCCCCCCCCC)NC(=O)CC(=O)CCCCCCCCCCC.[Na+].[Na+]. The third kappa shape index (κ3) is 87.2. The van der Waals surface area contributed by atoms with Crippen LogP contribution in [0.25, 0.3) is 0 Å². The van der Waals surface area contributed by atoms with Gasteiger partial charge in [-0.1, -0.05) is 321 Å². The second-order valence-electron chi connectivity index (χ2n) is 30.7. The summed E-state index contributed by atoms with van der Waals surface area (Å²) in [6.45, 7) is 9.76. The molecular weight excluding hydrogens is 1540 g/mol. The van der Waals surface area contributed by atoms with Crippen LogP contribution in [0.3, 0.4) is 0 Å². The summed E-state index contributed by atoms with van der Waals surface area (Å²) in [5, 5.41) is 10.1. The Balaban J connectivity index is -0.00000605. The van der Waals surface area contributed by atoms with Gasteiger partial charge >= 0.3 is 71.1 Å². The molecule has 28 heteroatoms. The van der Waals surface area contributed by atoms with E-state index in [0.29, 0.717) is 51.4 Å². The van der Waals surface area contributed by atoms with Crippen molar-refractivity contribution in [3.8, 4) is 0 Å². The van der Waals surface area contributed by atoms with Crippen LogP contribution in [0, 0.1) is 0 Å². The van der Waals surface area contributed by atoms with E-state index >= 15 is 0 Å². The summed E-state index contributed by atoms with van der Waals surface area (Å²) in [6, 6.07) is -2.07. The smallest absolute Gasteiger partial charge is 0.756 e. The molecule has 0 fully saturated rings. The second-order valence-corrected chi connectivity index (χ2v) is 33.5. The molecule has 24 nitrogen and oxygen atoms in total. The zero-order valence-corrected chi connectivity index (χ0v) is 78.5. The third-order valence-electron chi connectivity index (χ3n) is 19.7. The molecule has 0 aliphatic carbocycles. The van der Waals surface area contributed by atoms with Crippen LogP contribution < -0.4 is 90.2 Å². The van der Waals surface area contributed by atoms with Crippen LogP contribution in [0.1, 0.15) is 430 Å². The number of ether oxygens (including phenoxy) is 4. The number of nitrogens with one attached hydrogen (secondary N) is 4. The van der Waals surface area contributed by atoms with Crippen molar-refractivity contribution in [1.82, 2.24) is 21.3 Å². The molecule has 0 aromatic carbocycles. The minimum absolute atomic E-state index is 0. The van der Waals surface area contributed by atoms with E-state index in [2.05, 4.69) is 62.8 Å². The summed E-state index contributed by atoms with van der Waals surface area (Å²) in [5.74, 6) is -3.88. The molecule has 4 N–H and O–H groups in total. The number of phosphoric acid groups is 2. The van der Waals surface area contributed by atoms with Crippen molar-refractivity contribution in [1.29, 1.82) is 0 Å². The van der Waals surface area contributed by atoms with Gasteiger partial charge in [-0.2, -0.15) is 0 Å². The van der Waals surface area contributed by atoms with Crippen molar-refractivity contribution in [2.45, 2.75) is 454 Å². The van der Waals surface area contributed by atoms with Crippen LogP contribution in [0.5, 0.6) is 0 Å². The molecule has 6 atom stereocenters. The first-order valence-electron chi connectivity index (χ1n) is 44.6. The Hall–Kier alpha value is -1.70. The molecule has 0 spiro atoms. The summed E-state index contributed by atoms with van der Waals surface area (Å²) in [6.07, 6.45) is 50.8. The van der Waals surface area contributed by atoms with Crippen molar-refractivity contribution in [2.24, 2.45) is 0 Å². The molecule has 0 radical (unpaired) electrons. The van der Waals surface area contributed by atoms with Gasteiger partial charge in [0.05, 0.1) is 77.8 Å². The Kier molecular flexibility index (Phi) is 98.1. The van der Waals surface area contributed by atoms with Gasteiger partial charge in [-0.3, -0.25) is 47.5 Å². The second kappa shape index (κ2) is 91.0. The maximum Gasteiger partial charge on any atom is 1.00 e. The maximum absolute atomic E-state index is 13.2. The Bertz CT molecular complexity index is 2250. The predicted octanol–water partition coefficient (Wildman–Crippen LogP) is 14.5. The first-order valence-corrected chi connectivity index (χ1v) is 47.5. The number of ketones is 2. The molecule has 0 bridgehead atoms. The summed E-state index contributed by atoms with van der Waals surface area (Å²) >= 11 is 0. The number of carbonyl (C=O) groups is 8. The van der Waals surface area contributed by atoms with Crippen molar-refractivity contribution >= 4 is 62.8 Å². The van der Waals surface area contributed by atoms with Crippen molar-refractivity contribution < 1.29 is 153 Å². The summed E-state index contributed by atoms with van der Waals surface area (Å²) in [4.78, 5) is 130. The standard InChI is InChI=1S/C85H162N4O20P2.3CH4.2Na/c1-7-13-19-25-29-33-37-43-47-53-76(90)67-82(94)88-74(70-102-63-59-78(55-49-41-23-17-11-5)108-84(96)57-51-45-39-35-31-27-21-15-9-3)72-106-110(98,99)104-65-61-86-80(92)69-81(93)87-62-66-105-111(100,101)107-73-75(89-83(95)68-77(91)54-48-44-38-34-30-26-20-14-8-2)71-103-64-60-79(56-50-42-24-18-12-6)109-85(97)58-52-46-40-36-32-28-22-16-10-4;;;;;/h74-75,78-79H,7-73H2,1-6H3,(H,86,92)(H,87,93)(H,88,94)(H,89,95)(H,98,99)(H,100,101);3*1H4;;/q;;;;2*+1/p-2/t74?,75?,78-,79-;;;;;/m1...../s1. The number of Topliss-reactive ketones (excluding diaryl/α,β-unsaturated/α-hetero) is 2. The molecule has 676 valence electrons. The number of unbranched alkanes of at least 4 members (excludes halogenated alkanes) is 40. The molecular formula is C88H172N4Na2O20P2. The number of amides is 4. The topological polar surface area (TPSA) is 339 Å². The first kappa shape index (κ1) is 125.